The SMILES string of the molecule is COC(=O)CC1=NN(c2ccccc2)C(=O)C1C(C)=NCc1cccc(OC)c1. The van der Waals surface area contributed by atoms with Crippen molar-refractivity contribution in [2.45, 2.75) is 19.9 Å². The van der Waals surface area contributed by atoms with Gasteiger partial charge in [-0.2, -0.15) is 10.1 Å². The monoisotopic (exact) mass is 393 g/mol. The van der Waals surface area contributed by atoms with Crippen molar-refractivity contribution >= 4 is 29.0 Å². The third-order valence-corrected chi connectivity index (χ3v) is 4.63. The molecule has 1 aliphatic rings. The van der Waals surface area contributed by atoms with E-state index in [-0.39, 0.29) is 12.3 Å². The lowest BCUT2D eigenvalue weighted by Crippen LogP contribution is -2.33. The summed E-state index contributed by atoms with van der Waals surface area (Å²) in [7, 11) is 2.92. The molecular formula is C22H23N3O4. The van der Waals surface area contributed by atoms with E-state index < -0.39 is 11.9 Å². The molecule has 0 spiro atoms. The largest absolute Gasteiger partial charge is 0.497 e. The minimum absolute atomic E-state index is 0.0672. The fourth-order valence-corrected chi connectivity index (χ4v) is 3.11. The Balaban J connectivity index is 1.86. The standard InChI is InChI=1S/C22H23N3O4/c1-15(23-14-16-8-7-11-18(12-16)28-2)21-19(13-20(26)29-3)24-25(22(21)27)17-9-5-4-6-10-17/h4-12,21H,13-14H2,1-3H3. The van der Waals surface area contributed by atoms with E-state index in [0.29, 0.717) is 23.7 Å². The van der Waals surface area contributed by atoms with Crippen LogP contribution in [0.4, 0.5) is 5.69 Å². The number of amides is 1. The highest BCUT2D eigenvalue weighted by molar-refractivity contribution is 6.30. The molecule has 29 heavy (non-hydrogen) atoms. The highest BCUT2D eigenvalue weighted by Gasteiger charge is 2.39. The van der Waals surface area contributed by atoms with E-state index in [4.69, 9.17) is 9.47 Å². The predicted octanol–water partition coefficient (Wildman–Crippen LogP) is 3.24. The molecule has 1 atom stereocenters. The summed E-state index contributed by atoms with van der Waals surface area (Å²) in [6.45, 7) is 2.17. The molecule has 0 aromatic heterocycles. The van der Waals surface area contributed by atoms with E-state index in [9.17, 15) is 9.59 Å². The number of methoxy groups -OCH3 is 2. The van der Waals surface area contributed by atoms with Gasteiger partial charge in [-0.25, -0.2) is 0 Å². The van der Waals surface area contributed by atoms with Crippen LogP contribution < -0.4 is 9.75 Å². The summed E-state index contributed by atoms with van der Waals surface area (Å²) in [5, 5.41) is 5.74. The summed E-state index contributed by atoms with van der Waals surface area (Å²) >= 11 is 0. The molecule has 0 fully saturated rings. The van der Waals surface area contributed by atoms with Crippen LogP contribution in [-0.4, -0.2) is 37.5 Å². The minimum atomic E-state index is -0.695. The maximum atomic E-state index is 13.1. The number of hydrazone groups is 1. The molecule has 3 rings (SSSR count). The van der Waals surface area contributed by atoms with E-state index in [2.05, 4.69) is 10.1 Å². The molecule has 0 radical (unpaired) electrons. The van der Waals surface area contributed by atoms with Gasteiger partial charge in [0.25, 0.3) is 5.91 Å². The molecule has 0 bridgehead atoms. The highest BCUT2D eigenvalue weighted by atomic mass is 16.5. The molecule has 1 heterocycles. The van der Waals surface area contributed by atoms with Gasteiger partial charge in [0.1, 0.15) is 11.7 Å². The van der Waals surface area contributed by atoms with Crippen LogP contribution in [0.3, 0.4) is 0 Å². The number of nitrogens with zero attached hydrogens (tertiary/aromatic N) is 3. The van der Waals surface area contributed by atoms with Gasteiger partial charge in [0.05, 0.1) is 38.6 Å². The highest BCUT2D eigenvalue weighted by Crippen LogP contribution is 2.26. The zero-order valence-corrected chi connectivity index (χ0v) is 16.7. The molecular weight excluding hydrogens is 370 g/mol. The average molecular weight is 393 g/mol. The molecule has 7 nitrogen and oxygen atoms in total. The first-order valence-corrected chi connectivity index (χ1v) is 9.20. The predicted molar refractivity (Wildman–Crippen MR) is 111 cm³/mol. The van der Waals surface area contributed by atoms with Crippen molar-refractivity contribution in [1.82, 2.24) is 0 Å². The van der Waals surface area contributed by atoms with Crippen molar-refractivity contribution < 1.29 is 19.1 Å². The van der Waals surface area contributed by atoms with E-state index in [1.54, 1.807) is 26.2 Å². The summed E-state index contributed by atoms with van der Waals surface area (Å²) in [6, 6.07) is 16.7. The smallest absolute Gasteiger partial charge is 0.311 e. The van der Waals surface area contributed by atoms with Crippen molar-refractivity contribution in [1.29, 1.82) is 0 Å². The molecule has 0 N–H and O–H groups in total. The lowest BCUT2D eigenvalue weighted by Gasteiger charge is -2.14. The Morgan fingerprint density at radius 2 is 1.90 bits per heavy atom. The summed E-state index contributed by atoms with van der Waals surface area (Å²) in [5.74, 6) is -0.630. The Bertz CT molecular complexity index is 954. The van der Waals surface area contributed by atoms with Gasteiger partial charge in [-0.1, -0.05) is 30.3 Å². The normalized spacial score (nSPS) is 16.6. The number of hydrogen-bond acceptors (Lipinski definition) is 6. The van der Waals surface area contributed by atoms with E-state index >= 15 is 0 Å². The second kappa shape index (κ2) is 9.14. The Labute approximate surface area is 169 Å². The number of ether oxygens (including phenoxy) is 2. The van der Waals surface area contributed by atoms with Crippen molar-refractivity contribution in [2.75, 3.05) is 19.2 Å². The van der Waals surface area contributed by atoms with E-state index in [1.165, 1.54) is 12.1 Å². The van der Waals surface area contributed by atoms with E-state index in [1.807, 2.05) is 42.5 Å². The topological polar surface area (TPSA) is 80.6 Å². The first-order chi connectivity index (χ1) is 14.0. The molecule has 150 valence electrons. The minimum Gasteiger partial charge on any atom is -0.497 e. The van der Waals surface area contributed by atoms with Gasteiger partial charge in [-0.15, -0.1) is 0 Å². The third-order valence-electron chi connectivity index (χ3n) is 4.63. The van der Waals surface area contributed by atoms with Crippen LogP contribution in [0.1, 0.15) is 18.9 Å². The van der Waals surface area contributed by atoms with Gasteiger partial charge >= 0.3 is 5.97 Å². The van der Waals surface area contributed by atoms with Crippen molar-refractivity contribution in [3.05, 3.63) is 60.2 Å². The Morgan fingerprint density at radius 1 is 1.14 bits per heavy atom. The number of rotatable bonds is 7. The molecule has 0 aliphatic carbocycles. The van der Waals surface area contributed by atoms with Gasteiger partial charge in [0.2, 0.25) is 0 Å². The van der Waals surface area contributed by atoms with Gasteiger partial charge in [-0.05, 0) is 36.8 Å². The second-order valence-electron chi connectivity index (χ2n) is 6.57. The van der Waals surface area contributed by atoms with Crippen LogP contribution in [0.2, 0.25) is 0 Å². The summed E-state index contributed by atoms with van der Waals surface area (Å²) in [6.07, 6.45) is -0.0672. The van der Waals surface area contributed by atoms with Crippen LogP contribution >= 0.6 is 0 Å². The lowest BCUT2D eigenvalue weighted by molar-refractivity contribution is -0.139. The Morgan fingerprint density at radius 3 is 2.59 bits per heavy atom. The van der Waals surface area contributed by atoms with Crippen LogP contribution in [0.15, 0.2) is 64.7 Å². The molecule has 2 aromatic rings. The first-order valence-electron chi connectivity index (χ1n) is 9.20. The maximum Gasteiger partial charge on any atom is 0.311 e. The first kappa shape index (κ1) is 20.3. The van der Waals surface area contributed by atoms with Gasteiger partial charge in [0.15, 0.2) is 0 Å². The fourth-order valence-electron chi connectivity index (χ4n) is 3.11. The third kappa shape index (κ3) is 4.68. The number of aliphatic imine (C=N–C) groups is 1. The number of esters is 1. The van der Waals surface area contributed by atoms with Crippen LogP contribution in [0.5, 0.6) is 5.75 Å². The van der Waals surface area contributed by atoms with Crippen molar-refractivity contribution in [3.8, 4) is 5.75 Å². The van der Waals surface area contributed by atoms with Gasteiger partial charge in [0, 0.05) is 5.71 Å². The summed E-state index contributed by atoms with van der Waals surface area (Å²) < 4.78 is 10.0. The average Bonchev–Trinajstić information content (AvgIpc) is 3.08. The molecule has 1 unspecified atom stereocenters. The van der Waals surface area contributed by atoms with Crippen LogP contribution in [-0.2, 0) is 20.9 Å². The zero-order valence-electron chi connectivity index (χ0n) is 16.7. The molecule has 0 saturated heterocycles. The zero-order chi connectivity index (χ0) is 20.8. The van der Waals surface area contributed by atoms with Crippen LogP contribution in [0.25, 0.3) is 0 Å². The number of para-hydroxylation sites is 1. The van der Waals surface area contributed by atoms with Gasteiger partial charge < -0.3 is 9.47 Å². The number of carbonyl (C=O) groups excluding carboxylic acids is 2. The Kier molecular flexibility index (Phi) is 6.39. The molecule has 7 heteroatoms. The van der Waals surface area contributed by atoms with E-state index in [0.717, 1.165) is 11.3 Å². The number of carbonyl (C=O) groups is 2. The maximum absolute atomic E-state index is 13.1. The Hall–Kier alpha value is -3.48. The second-order valence-corrected chi connectivity index (χ2v) is 6.57. The van der Waals surface area contributed by atoms with Crippen molar-refractivity contribution in [3.63, 3.8) is 0 Å². The lowest BCUT2D eigenvalue weighted by atomic mass is 9.96. The molecule has 1 amide bonds. The number of benzene rings is 2. The molecule has 2 aromatic carbocycles. The van der Waals surface area contributed by atoms with Crippen molar-refractivity contribution in [2.24, 2.45) is 16.0 Å². The fraction of sp³-hybridized carbons (Fsp3) is 0.273. The summed E-state index contributed by atoms with van der Waals surface area (Å²) in [5.41, 5.74) is 2.62. The summed E-state index contributed by atoms with van der Waals surface area (Å²) in [4.78, 5) is 29.5. The number of anilines is 1. The van der Waals surface area contributed by atoms with Gasteiger partial charge in [-0.3, -0.25) is 14.6 Å². The molecule has 0 saturated carbocycles. The van der Waals surface area contributed by atoms with Crippen LogP contribution in [0, 0.1) is 5.92 Å². The quantitative estimate of drug-likeness (QED) is 0.534. The molecule has 1 aliphatic heterocycles. The number of hydrogen-bond donors (Lipinski definition) is 0.